The molecule has 4 rings (SSSR count). The monoisotopic (exact) mass is 630 g/mol. The lowest BCUT2D eigenvalue weighted by Crippen LogP contribution is -2.27. The van der Waals surface area contributed by atoms with E-state index in [9.17, 15) is 19.5 Å². The van der Waals surface area contributed by atoms with Gasteiger partial charge >= 0.3 is 13.4 Å². The minimum Gasteiger partial charge on any atom is -0.450 e. The van der Waals surface area contributed by atoms with E-state index in [2.05, 4.69) is 42.0 Å². The van der Waals surface area contributed by atoms with Crippen LogP contribution in [0.2, 0.25) is 0 Å². The van der Waals surface area contributed by atoms with Crippen LogP contribution in [-0.2, 0) is 22.1 Å². The van der Waals surface area contributed by atoms with Crippen LogP contribution >= 0.6 is 39.5 Å². The molecular formula is C22H25Br2N4O6P. The van der Waals surface area contributed by atoms with Crippen molar-refractivity contribution in [2.75, 3.05) is 30.8 Å². The zero-order chi connectivity index (χ0) is 25.2. The maximum Gasteiger partial charge on any atom is 0.341 e. The molecule has 1 heterocycles. The molecule has 0 saturated heterocycles. The molecule has 0 radical (unpaired) electrons. The molecule has 2 aromatic rings. The molecule has 1 amide bonds. The maximum absolute atomic E-state index is 13.4. The Bertz CT molecular complexity index is 1180. The van der Waals surface area contributed by atoms with E-state index in [-0.39, 0.29) is 17.3 Å². The molecule has 1 unspecified atom stereocenters. The first-order valence-corrected chi connectivity index (χ1v) is 14.9. The Morgan fingerprint density at radius 1 is 1.20 bits per heavy atom. The summed E-state index contributed by atoms with van der Waals surface area (Å²) >= 11 is 6.64. The number of nitrogens with zero attached hydrogens (tertiary/aromatic N) is 2. The van der Waals surface area contributed by atoms with Gasteiger partial charge < -0.3 is 9.64 Å². The number of rotatable bonds is 11. The minimum atomic E-state index is -3.36. The molecule has 2 aromatic carbocycles. The van der Waals surface area contributed by atoms with Gasteiger partial charge in [0.2, 0.25) is 5.75 Å². The van der Waals surface area contributed by atoms with Crippen LogP contribution in [0.1, 0.15) is 39.6 Å². The summed E-state index contributed by atoms with van der Waals surface area (Å²) in [5, 5.41) is 18.9. The second kappa shape index (κ2) is 11.1. The molecule has 35 heavy (non-hydrogen) atoms. The molecule has 2 N–H and O–H groups in total. The van der Waals surface area contributed by atoms with Gasteiger partial charge in [0.25, 0.3) is 5.91 Å². The highest BCUT2D eigenvalue weighted by molar-refractivity contribution is 9.09. The van der Waals surface area contributed by atoms with Gasteiger partial charge in [-0.1, -0.05) is 31.9 Å². The molecule has 0 bridgehead atoms. The van der Waals surface area contributed by atoms with Gasteiger partial charge in [0.15, 0.2) is 0 Å². The molecule has 0 aromatic heterocycles. The largest absolute Gasteiger partial charge is 0.450 e. The molecule has 1 aliphatic carbocycles. The third-order valence-electron chi connectivity index (χ3n) is 5.86. The van der Waals surface area contributed by atoms with Gasteiger partial charge in [0.1, 0.15) is 5.75 Å². The van der Waals surface area contributed by atoms with Crippen molar-refractivity contribution >= 4 is 51.1 Å². The number of alkyl halides is 2. The van der Waals surface area contributed by atoms with Gasteiger partial charge in [-0.15, -0.1) is 0 Å². The molecule has 0 spiro atoms. The van der Waals surface area contributed by atoms with Crippen molar-refractivity contribution in [1.82, 2.24) is 15.1 Å². The minimum absolute atomic E-state index is 0.0652. The SMILES string of the molecule is CN1Cc2cc(Oc3c([N+](=O)[O-])ccc4c3CCC4OP(=O)(NCCBr)NCCBr)ccc2C1=O. The Kier molecular flexibility index (Phi) is 8.30. The number of benzene rings is 2. The van der Waals surface area contributed by atoms with Gasteiger partial charge in [0.05, 0.1) is 11.0 Å². The van der Waals surface area contributed by atoms with Gasteiger partial charge in [0, 0.05) is 54.5 Å². The molecule has 10 nitrogen and oxygen atoms in total. The normalized spacial score (nSPS) is 16.9. The molecule has 0 saturated carbocycles. The van der Waals surface area contributed by atoms with Crippen LogP contribution in [0.25, 0.3) is 0 Å². The lowest BCUT2D eigenvalue weighted by molar-refractivity contribution is -0.385. The van der Waals surface area contributed by atoms with Crippen molar-refractivity contribution in [3.05, 3.63) is 62.7 Å². The van der Waals surface area contributed by atoms with Crippen LogP contribution in [0.5, 0.6) is 11.5 Å². The highest BCUT2D eigenvalue weighted by Crippen LogP contribution is 2.51. The summed E-state index contributed by atoms with van der Waals surface area (Å²) in [4.78, 5) is 25.1. The fourth-order valence-electron chi connectivity index (χ4n) is 4.30. The van der Waals surface area contributed by atoms with Crippen molar-refractivity contribution in [3.8, 4) is 11.5 Å². The van der Waals surface area contributed by atoms with E-state index in [1.54, 1.807) is 36.2 Å². The predicted molar refractivity (Wildman–Crippen MR) is 139 cm³/mol. The molecule has 1 atom stereocenters. The standard InChI is InChI=1S/C22H25Br2N4O6P/c1-27-13-14-12-15(2-3-16(14)22(27)29)33-21-18-5-7-20(17(18)4-6-19(21)28(30)31)34-35(32,25-10-8-23)26-11-9-24/h2-4,6,12,20H,5,7-11,13H2,1H3,(H2,25,26,32). The van der Waals surface area contributed by atoms with Crippen molar-refractivity contribution < 1.29 is 23.5 Å². The van der Waals surface area contributed by atoms with E-state index in [4.69, 9.17) is 9.26 Å². The van der Waals surface area contributed by atoms with Crippen LogP contribution < -0.4 is 14.9 Å². The zero-order valence-electron chi connectivity index (χ0n) is 19.0. The van der Waals surface area contributed by atoms with Crippen LogP contribution in [0.15, 0.2) is 30.3 Å². The van der Waals surface area contributed by atoms with Gasteiger partial charge in [-0.3, -0.25) is 24.0 Å². The number of halogens is 2. The van der Waals surface area contributed by atoms with E-state index in [1.807, 2.05) is 0 Å². The Morgan fingerprint density at radius 2 is 1.91 bits per heavy atom. The lowest BCUT2D eigenvalue weighted by Gasteiger charge is -2.24. The first-order chi connectivity index (χ1) is 16.8. The van der Waals surface area contributed by atoms with Crippen LogP contribution in [0.4, 0.5) is 5.69 Å². The zero-order valence-corrected chi connectivity index (χ0v) is 23.0. The summed E-state index contributed by atoms with van der Waals surface area (Å²) in [6.07, 6.45) is 0.461. The lowest BCUT2D eigenvalue weighted by atomic mass is 10.1. The fraction of sp³-hybridized carbons (Fsp3) is 0.409. The number of ether oxygens (including phenoxy) is 1. The number of carbonyl (C=O) groups is 1. The number of hydrogen-bond donors (Lipinski definition) is 2. The van der Waals surface area contributed by atoms with E-state index in [1.165, 1.54) is 6.07 Å². The Balaban J connectivity index is 1.64. The molecule has 188 valence electrons. The van der Waals surface area contributed by atoms with Crippen LogP contribution in [-0.4, -0.2) is 46.5 Å². The maximum atomic E-state index is 13.4. The van der Waals surface area contributed by atoms with E-state index >= 15 is 0 Å². The summed E-state index contributed by atoms with van der Waals surface area (Å²) in [6.45, 7) is 1.34. The second-order valence-electron chi connectivity index (χ2n) is 8.20. The highest BCUT2D eigenvalue weighted by Gasteiger charge is 2.36. The molecule has 0 fully saturated rings. The summed E-state index contributed by atoms with van der Waals surface area (Å²) in [5.74, 6) is 0.494. The molecular weight excluding hydrogens is 607 g/mol. The number of carbonyl (C=O) groups excluding carboxylic acids is 1. The first kappa shape index (κ1) is 26.2. The number of nitro groups is 1. The summed E-state index contributed by atoms with van der Waals surface area (Å²) in [7, 11) is -1.64. The molecule has 13 heteroatoms. The quantitative estimate of drug-likeness (QED) is 0.153. The number of amides is 1. The third kappa shape index (κ3) is 5.63. The van der Waals surface area contributed by atoms with Gasteiger partial charge in [-0.2, -0.15) is 0 Å². The van der Waals surface area contributed by atoms with Crippen molar-refractivity contribution in [2.24, 2.45) is 0 Å². The number of nitrogens with one attached hydrogen (secondary N) is 2. The van der Waals surface area contributed by atoms with Gasteiger partial charge in [-0.25, -0.2) is 10.2 Å². The van der Waals surface area contributed by atoms with E-state index in [0.29, 0.717) is 65.6 Å². The summed E-state index contributed by atoms with van der Waals surface area (Å²) < 4.78 is 25.5. The Labute approximate surface area is 219 Å². The van der Waals surface area contributed by atoms with Crippen LogP contribution in [0.3, 0.4) is 0 Å². The molecule has 1 aliphatic heterocycles. The second-order valence-corrected chi connectivity index (χ2v) is 11.7. The van der Waals surface area contributed by atoms with Crippen molar-refractivity contribution in [1.29, 1.82) is 0 Å². The summed E-state index contributed by atoms with van der Waals surface area (Å²) in [5.41, 5.74) is 2.62. The summed E-state index contributed by atoms with van der Waals surface area (Å²) in [6, 6.07) is 8.10. The third-order valence-corrected chi connectivity index (χ3v) is 8.49. The Hall–Kier alpha value is -1.82. The average molecular weight is 632 g/mol. The average Bonchev–Trinajstić information content (AvgIpc) is 3.36. The van der Waals surface area contributed by atoms with Gasteiger partial charge in [-0.05, 0) is 48.2 Å². The van der Waals surface area contributed by atoms with E-state index < -0.39 is 18.7 Å². The first-order valence-electron chi connectivity index (χ1n) is 11.0. The van der Waals surface area contributed by atoms with E-state index in [0.717, 1.165) is 5.56 Å². The van der Waals surface area contributed by atoms with Crippen molar-refractivity contribution in [2.45, 2.75) is 25.5 Å². The van der Waals surface area contributed by atoms with Crippen LogP contribution in [0, 0.1) is 10.1 Å². The molecule has 2 aliphatic rings. The number of fused-ring (bicyclic) bond motifs is 2. The number of hydrogen-bond acceptors (Lipinski definition) is 6. The predicted octanol–water partition coefficient (Wildman–Crippen LogP) is 5.05. The fourth-order valence-corrected chi connectivity index (χ4v) is 6.96. The Morgan fingerprint density at radius 3 is 2.57 bits per heavy atom. The smallest absolute Gasteiger partial charge is 0.341 e. The topological polar surface area (TPSA) is 123 Å². The highest BCUT2D eigenvalue weighted by atomic mass is 79.9. The van der Waals surface area contributed by atoms with Crippen molar-refractivity contribution in [3.63, 3.8) is 0 Å². The number of nitro benzene ring substituents is 1.